The summed E-state index contributed by atoms with van der Waals surface area (Å²) in [5.41, 5.74) is 3.42. The maximum atomic E-state index is 15.2. The Hall–Kier alpha value is -2.86. The second kappa shape index (κ2) is 6.34. The van der Waals surface area contributed by atoms with Gasteiger partial charge in [0.2, 0.25) is 0 Å². The van der Waals surface area contributed by atoms with Crippen LogP contribution in [0.2, 0.25) is 5.02 Å². The molecule has 5 rings (SSSR count). The summed E-state index contributed by atoms with van der Waals surface area (Å²) in [6, 6.07) is 8.67. The lowest BCUT2D eigenvalue weighted by molar-refractivity contribution is 0.250. The number of benzene rings is 2. The molecule has 0 N–H and O–H groups in total. The van der Waals surface area contributed by atoms with Crippen LogP contribution in [0.25, 0.3) is 10.9 Å². The number of aryl methyl sites for hydroxylation is 1. The van der Waals surface area contributed by atoms with Crippen LogP contribution in [0.3, 0.4) is 0 Å². The zero-order chi connectivity index (χ0) is 19.4. The van der Waals surface area contributed by atoms with E-state index in [2.05, 4.69) is 4.98 Å². The van der Waals surface area contributed by atoms with E-state index >= 15 is 4.39 Å². The van der Waals surface area contributed by atoms with Crippen molar-refractivity contribution in [1.82, 2.24) is 4.98 Å². The molecule has 2 aliphatic rings. The van der Waals surface area contributed by atoms with Crippen molar-refractivity contribution in [3.63, 3.8) is 0 Å². The van der Waals surface area contributed by atoms with Crippen LogP contribution in [0.5, 0.6) is 5.75 Å². The molecule has 2 aromatic carbocycles. The fourth-order valence-corrected chi connectivity index (χ4v) is 4.27. The van der Waals surface area contributed by atoms with Crippen LogP contribution >= 0.6 is 11.6 Å². The van der Waals surface area contributed by atoms with E-state index in [4.69, 9.17) is 16.3 Å². The van der Waals surface area contributed by atoms with E-state index in [1.165, 1.54) is 11.0 Å². The molecule has 0 saturated heterocycles. The van der Waals surface area contributed by atoms with Gasteiger partial charge in [-0.15, -0.1) is 0 Å². The van der Waals surface area contributed by atoms with E-state index in [9.17, 15) is 4.79 Å². The molecule has 3 heterocycles. The smallest absolute Gasteiger partial charge is 0.329 e. The first-order chi connectivity index (χ1) is 13.6. The molecule has 2 amide bonds. The molecular weight excluding hydrogens is 381 g/mol. The average Bonchev–Trinajstić information content (AvgIpc) is 2.72. The molecule has 0 radical (unpaired) electrons. The minimum Gasteiger partial charge on any atom is -0.497 e. The Labute approximate surface area is 166 Å². The standard InChI is InChI=1S/C21H17ClFN3O2/c1-28-14-6-4-12(5-7-14)11-26-20-17-16(9-15(22)18(20)23)24-10-13-3-2-8-25(19(13)17)21(26)27/h4-7,9-10H,2-3,8,11H2,1H3. The van der Waals surface area contributed by atoms with Gasteiger partial charge in [-0.2, -0.15) is 0 Å². The molecule has 0 spiro atoms. The van der Waals surface area contributed by atoms with Crippen LogP contribution in [-0.2, 0) is 13.0 Å². The van der Waals surface area contributed by atoms with Crippen LogP contribution < -0.4 is 14.5 Å². The second-order valence-electron chi connectivity index (χ2n) is 7.02. The van der Waals surface area contributed by atoms with Crippen LogP contribution in [0.1, 0.15) is 17.5 Å². The van der Waals surface area contributed by atoms with Crippen molar-refractivity contribution in [1.29, 1.82) is 0 Å². The highest BCUT2D eigenvalue weighted by Crippen LogP contribution is 2.47. The lowest BCUT2D eigenvalue weighted by Crippen LogP contribution is -2.48. The maximum Gasteiger partial charge on any atom is 0.329 e. The number of methoxy groups -OCH3 is 1. The lowest BCUT2D eigenvalue weighted by atomic mass is 9.96. The summed E-state index contributed by atoms with van der Waals surface area (Å²) >= 11 is 6.14. The van der Waals surface area contributed by atoms with E-state index in [0.717, 1.165) is 35.4 Å². The third-order valence-electron chi connectivity index (χ3n) is 5.40. The number of urea groups is 1. The van der Waals surface area contributed by atoms with Gasteiger partial charge < -0.3 is 4.74 Å². The quantitative estimate of drug-likeness (QED) is 0.629. The van der Waals surface area contributed by atoms with Crippen LogP contribution in [0.15, 0.2) is 36.5 Å². The van der Waals surface area contributed by atoms with Gasteiger partial charge >= 0.3 is 6.03 Å². The Bertz CT molecular complexity index is 1120. The van der Waals surface area contributed by atoms with Crippen molar-refractivity contribution in [2.24, 2.45) is 0 Å². The number of rotatable bonds is 3. The van der Waals surface area contributed by atoms with Crippen molar-refractivity contribution < 1.29 is 13.9 Å². The van der Waals surface area contributed by atoms with Gasteiger partial charge in [0, 0.05) is 12.7 Å². The maximum absolute atomic E-state index is 15.2. The van der Waals surface area contributed by atoms with Gasteiger partial charge in [-0.3, -0.25) is 14.8 Å². The fraction of sp³-hybridized carbons (Fsp3) is 0.238. The Balaban J connectivity index is 1.72. The van der Waals surface area contributed by atoms with Gasteiger partial charge in [0.25, 0.3) is 0 Å². The molecule has 0 atom stereocenters. The first kappa shape index (κ1) is 17.3. The van der Waals surface area contributed by atoms with Crippen LogP contribution in [-0.4, -0.2) is 24.7 Å². The topological polar surface area (TPSA) is 45.7 Å². The molecule has 0 unspecified atom stereocenters. The number of halogens is 2. The molecule has 28 heavy (non-hydrogen) atoms. The predicted molar refractivity (Wildman–Crippen MR) is 107 cm³/mol. The predicted octanol–water partition coefficient (Wildman–Crippen LogP) is 4.93. The number of carbonyl (C=O) groups is 1. The number of amides is 2. The highest BCUT2D eigenvalue weighted by Gasteiger charge is 2.38. The Morgan fingerprint density at radius 2 is 2.04 bits per heavy atom. The molecule has 0 aliphatic carbocycles. The van der Waals surface area contributed by atoms with E-state index in [-0.39, 0.29) is 23.3 Å². The minimum absolute atomic E-state index is 0.0354. The second-order valence-corrected chi connectivity index (χ2v) is 7.43. The van der Waals surface area contributed by atoms with Crippen molar-refractivity contribution in [2.75, 3.05) is 23.5 Å². The van der Waals surface area contributed by atoms with Crippen molar-refractivity contribution in [3.8, 4) is 5.75 Å². The Kier molecular flexibility index (Phi) is 3.91. The number of carbonyl (C=O) groups excluding carboxylic acids is 1. The molecular formula is C21H17ClFN3O2. The van der Waals surface area contributed by atoms with Crippen molar-refractivity contribution >= 4 is 39.9 Å². The summed E-state index contributed by atoms with van der Waals surface area (Å²) in [5.74, 6) is 0.136. The minimum atomic E-state index is -0.587. The van der Waals surface area contributed by atoms with Gasteiger partial charge in [-0.05, 0) is 42.2 Å². The zero-order valence-corrected chi connectivity index (χ0v) is 16.0. The summed E-state index contributed by atoms with van der Waals surface area (Å²) in [7, 11) is 1.60. The zero-order valence-electron chi connectivity index (χ0n) is 15.2. The third-order valence-corrected chi connectivity index (χ3v) is 5.68. The monoisotopic (exact) mass is 397 g/mol. The summed E-state index contributed by atoms with van der Waals surface area (Å²) in [6.45, 7) is 0.836. The number of nitrogens with zero attached hydrogens (tertiary/aromatic N) is 3. The first-order valence-electron chi connectivity index (χ1n) is 9.10. The number of ether oxygens (including phenoxy) is 1. The molecule has 142 valence electrons. The molecule has 0 saturated carbocycles. The summed E-state index contributed by atoms with van der Waals surface area (Å²) in [6.07, 6.45) is 3.45. The molecule has 0 bridgehead atoms. The largest absolute Gasteiger partial charge is 0.497 e. The van der Waals surface area contributed by atoms with E-state index in [1.54, 1.807) is 18.2 Å². The van der Waals surface area contributed by atoms with E-state index in [1.807, 2.05) is 24.3 Å². The van der Waals surface area contributed by atoms with Gasteiger partial charge in [0.15, 0.2) is 5.82 Å². The summed E-state index contributed by atoms with van der Waals surface area (Å²) in [5, 5.41) is 0.624. The lowest BCUT2D eigenvalue weighted by Gasteiger charge is -2.40. The van der Waals surface area contributed by atoms with Gasteiger partial charge in [-0.1, -0.05) is 23.7 Å². The number of pyridine rings is 1. The third kappa shape index (κ3) is 2.44. The van der Waals surface area contributed by atoms with Crippen LogP contribution in [0, 0.1) is 5.82 Å². The molecule has 2 aliphatic heterocycles. The van der Waals surface area contributed by atoms with Gasteiger partial charge in [0.1, 0.15) is 5.75 Å². The Morgan fingerprint density at radius 1 is 1.25 bits per heavy atom. The normalized spacial score (nSPS) is 15.3. The number of aromatic nitrogens is 1. The molecule has 7 heteroatoms. The van der Waals surface area contributed by atoms with Crippen molar-refractivity contribution in [3.05, 3.63) is 58.5 Å². The molecule has 0 fully saturated rings. The Morgan fingerprint density at radius 3 is 2.79 bits per heavy atom. The molecule has 1 aromatic heterocycles. The number of hydrogen-bond acceptors (Lipinski definition) is 3. The summed E-state index contributed by atoms with van der Waals surface area (Å²) < 4.78 is 20.4. The molecule has 5 nitrogen and oxygen atoms in total. The highest BCUT2D eigenvalue weighted by atomic mass is 35.5. The average molecular weight is 398 g/mol. The number of hydrogen-bond donors (Lipinski definition) is 0. The first-order valence-corrected chi connectivity index (χ1v) is 9.48. The van der Waals surface area contributed by atoms with E-state index in [0.29, 0.717) is 17.4 Å². The fourth-order valence-electron chi connectivity index (χ4n) is 4.08. The van der Waals surface area contributed by atoms with Gasteiger partial charge in [0.05, 0.1) is 41.0 Å². The van der Waals surface area contributed by atoms with E-state index < -0.39 is 5.82 Å². The number of anilines is 2. The summed E-state index contributed by atoms with van der Waals surface area (Å²) in [4.78, 5) is 21.0. The SMILES string of the molecule is COc1ccc(CN2C(=O)N3CCCc4cnc5cc(Cl)c(F)c2c5c43)cc1. The van der Waals surface area contributed by atoms with Gasteiger partial charge in [-0.25, -0.2) is 9.18 Å². The highest BCUT2D eigenvalue weighted by molar-refractivity contribution is 6.33. The van der Waals surface area contributed by atoms with Crippen LogP contribution in [0.4, 0.5) is 20.6 Å². The van der Waals surface area contributed by atoms with Crippen molar-refractivity contribution in [2.45, 2.75) is 19.4 Å². The molecule has 3 aromatic rings.